The molecule has 5 aliphatic rings. The highest BCUT2D eigenvalue weighted by Crippen LogP contribution is 2.60. The molecule has 0 N–H and O–H groups in total. The highest BCUT2D eigenvalue weighted by Gasteiger charge is 2.55. The Morgan fingerprint density at radius 1 is 0.919 bits per heavy atom. The molecule has 0 radical (unpaired) electrons. The van der Waals surface area contributed by atoms with Crippen molar-refractivity contribution in [1.82, 2.24) is 0 Å². The lowest BCUT2D eigenvalue weighted by molar-refractivity contribution is -0.176. The quantitative estimate of drug-likeness (QED) is 0.212. The molecule has 1 saturated heterocycles. The third-order valence-corrected chi connectivity index (χ3v) is 11.2. The van der Waals surface area contributed by atoms with Crippen molar-refractivity contribution in [2.24, 2.45) is 23.2 Å². The van der Waals surface area contributed by atoms with Crippen LogP contribution in [0, 0.1) is 23.2 Å². The Kier molecular flexibility index (Phi) is 8.85. The summed E-state index contributed by atoms with van der Waals surface area (Å²) in [7, 11) is -5.56. The minimum atomic E-state index is -6.15. The van der Waals surface area contributed by atoms with Crippen LogP contribution in [0.2, 0.25) is 0 Å². The summed E-state index contributed by atoms with van der Waals surface area (Å²) < 4.78 is 65.9. The van der Waals surface area contributed by atoms with Crippen molar-refractivity contribution in [1.29, 1.82) is 0 Å². The average Bonchev–Trinajstić information content (AvgIpc) is 2.86. The van der Waals surface area contributed by atoms with Crippen molar-refractivity contribution in [2.45, 2.75) is 67.9 Å². The molecule has 5 fully saturated rings. The van der Waals surface area contributed by atoms with Gasteiger partial charge in [-0.1, -0.05) is 18.2 Å². The molecule has 1 aromatic rings. The fraction of sp³-hybridized carbons (Fsp3) is 0.692. The van der Waals surface area contributed by atoms with Crippen LogP contribution in [0.15, 0.2) is 35.2 Å². The topological polar surface area (TPSA) is 110 Å². The van der Waals surface area contributed by atoms with Crippen molar-refractivity contribution < 1.29 is 40.8 Å². The zero-order valence-electron chi connectivity index (χ0n) is 20.7. The van der Waals surface area contributed by atoms with E-state index in [2.05, 4.69) is 35.1 Å². The molecule has 0 atom stereocenters. The Bertz CT molecular complexity index is 1020. The van der Waals surface area contributed by atoms with Gasteiger partial charge in [0.2, 0.25) is 0 Å². The molecule has 7 nitrogen and oxygen atoms in total. The smallest absolute Gasteiger partial charge is 0.428 e. The summed E-state index contributed by atoms with van der Waals surface area (Å²) in [4.78, 5) is 25.0. The lowest BCUT2D eigenvalue weighted by Gasteiger charge is -2.55. The van der Waals surface area contributed by atoms with Crippen LogP contribution < -0.4 is 0 Å². The molecule has 37 heavy (non-hydrogen) atoms. The maximum atomic E-state index is 12.9. The zero-order valence-corrected chi connectivity index (χ0v) is 22.4. The maximum Gasteiger partial charge on any atom is 0.428 e. The maximum absolute atomic E-state index is 12.9. The van der Waals surface area contributed by atoms with Gasteiger partial charge in [-0.15, -0.1) is 0 Å². The molecule has 1 aromatic carbocycles. The van der Waals surface area contributed by atoms with E-state index in [1.54, 1.807) is 4.90 Å². The number of esters is 2. The van der Waals surface area contributed by atoms with Gasteiger partial charge in [0.05, 0.1) is 5.41 Å². The van der Waals surface area contributed by atoms with E-state index in [0.29, 0.717) is 28.6 Å². The van der Waals surface area contributed by atoms with Crippen LogP contribution in [0.3, 0.4) is 0 Å². The van der Waals surface area contributed by atoms with E-state index >= 15 is 0 Å². The summed E-state index contributed by atoms with van der Waals surface area (Å²) in [6.07, 6.45) is 10.1. The first-order valence-electron chi connectivity index (χ1n) is 12.9. The second kappa shape index (κ2) is 11.6. The second-order valence-electron chi connectivity index (χ2n) is 10.7. The molecule has 4 saturated carbocycles. The van der Waals surface area contributed by atoms with E-state index in [-0.39, 0.29) is 0 Å². The first-order valence-corrected chi connectivity index (χ1v) is 15.9. The summed E-state index contributed by atoms with van der Waals surface area (Å²) in [6.45, 7) is -1.19. The van der Waals surface area contributed by atoms with Gasteiger partial charge in [0.1, 0.15) is 24.7 Å². The summed E-state index contributed by atoms with van der Waals surface area (Å²) in [6, 6.07) is 11.0. The van der Waals surface area contributed by atoms with Gasteiger partial charge < -0.3 is 14.0 Å². The Morgan fingerprint density at radius 2 is 1.43 bits per heavy atom. The Labute approximate surface area is 219 Å². The predicted octanol–water partition coefficient (Wildman–Crippen LogP) is 4.27. The summed E-state index contributed by atoms with van der Waals surface area (Å²) in [5, 5.41) is -5.16. The number of hydrogen-bond acceptors (Lipinski definition) is 7. The fourth-order valence-electron chi connectivity index (χ4n) is 6.65. The van der Waals surface area contributed by atoms with Crippen molar-refractivity contribution >= 4 is 33.0 Å². The minimum absolute atomic E-state index is 0.411. The number of carbonyl (C=O) groups excluding carboxylic acids is 2. The molecular formula is C26H34F2O7S2. The van der Waals surface area contributed by atoms with Crippen LogP contribution in [-0.4, -0.2) is 54.9 Å². The zero-order chi connectivity index (χ0) is 26.7. The molecule has 0 spiro atoms. The number of rotatable bonds is 7. The largest absolute Gasteiger partial charge is 0.743 e. The summed E-state index contributed by atoms with van der Waals surface area (Å²) >= 11 is 0. The minimum Gasteiger partial charge on any atom is -0.743 e. The van der Waals surface area contributed by atoms with Gasteiger partial charge in [-0.2, -0.15) is 8.78 Å². The third-order valence-electron chi connectivity index (χ3n) is 7.93. The van der Waals surface area contributed by atoms with E-state index in [1.165, 1.54) is 30.8 Å². The van der Waals surface area contributed by atoms with Crippen LogP contribution in [0.5, 0.6) is 0 Å². The van der Waals surface area contributed by atoms with Crippen molar-refractivity contribution in [2.75, 3.05) is 24.7 Å². The lowest BCUT2D eigenvalue weighted by Crippen LogP contribution is -2.50. The third kappa shape index (κ3) is 6.65. The monoisotopic (exact) mass is 560 g/mol. The number of halogens is 2. The van der Waals surface area contributed by atoms with Crippen LogP contribution in [-0.2, 0) is 40.1 Å². The molecule has 0 amide bonds. The Morgan fingerprint density at radius 3 is 1.95 bits per heavy atom. The van der Waals surface area contributed by atoms with Gasteiger partial charge in [0.15, 0.2) is 15.0 Å². The lowest BCUT2D eigenvalue weighted by atomic mass is 9.49. The highest BCUT2D eigenvalue weighted by molar-refractivity contribution is 7.96. The van der Waals surface area contributed by atoms with Crippen LogP contribution in [0.1, 0.15) is 57.8 Å². The summed E-state index contributed by atoms with van der Waals surface area (Å²) in [5.74, 6) is 1.57. The Hall–Kier alpha value is -1.72. The molecule has 1 heterocycles. The Balaban J connectivity index is 0.000000222. The molecule has 4 bridgehead atoms. The average molecular weight is 561 g/mol. The van der Waals surface area contributed by atoms with Crippen molar-refractivity contribution in [3.63, 3.8) is 0 Å². The molecule has 206 valence electrons. The predicted molar refractivity (Wildman–Crippen MR) is 133 cm³/mol. The highest BCUT2D eigenvalue weighted by atomic mass is 32.2. The molecule has 0 aromatic heterocycles. The van der Waals surface area contributed by atoms with E-state index in [9.17, 15) is 31.3 Å². The molecule has 4 aliphatic carbocycles. The molecule has 1 aliphatic heterocycles. The van der Waals surface area contributed by atoms with E-state index in [0.717, 1.165) is 38.5 Å². The molecule has 0 unspecified atom stereocenters. The number of hydrogen-bond donors (Lipinski definition) is 0. The van der Waals surface area contributed by atoms with Gasteiger partial charge >= 0.3 is 17.2 Å². The summed E-state index contributed by atoms with van der Waals surface area (Å²) in [5.41, 5.74) is -0.527. The van der Waals surface area contributed by atoms with Crippen LogP contribution in [0.4, 0.5) is 8.78 Å². The van der Waals surface area contributed by atoms with Crippen molar-refractivity contribution in [3.8, 4) is 0 Å². The van der Waals surface area contributed by atoms with E-state index in [4.69, 9.17) is 4.74 Å². The molecular weight excluding hydrogens is 526 g/mol. The first kappa shape index (κ1) is 28.3. The van der Waals surface area contributed by atoms with E-state index in [1.807, 2.05) is 0 Å². The van der Waals surface area contributed by atoms with Gasteiger partial charge in [0, 0.05) is 10.9 Å². The first-order chi connectivity index (χ1) is 17.5. The van der Waals surface area contributed by atoms with Crippen LogP contribution >= 0.6 is 0 Å². The standard InChI is InChI=1S/C15H20F2O7S.C11H15S/c16-15(17,25(20,21)22)13(19)24-2-1-23-12(18)14-6-9-3-10(7-14)5-11(4-9)8-14;1-3-7-11(8-4-1)12-9-5-2-6-10-12/h9-11H,1-8H2,(H,20,21,22);1,3-4,7-8H,2,5-6,9-10H2/q;+1/p-1. The van der Waals surface area contributed by atoms with Gasteiger partial charge in [-0.3, -0.25) is 4.79 Å². The number of ether oxygens (including phenoxy) is 2. The fourth-order valence-corrected chi connectivity index (χ4v) is 9.23. The molecule has 6 rings (SSSR count). The number of benzene rings is 1. The van der Waals surface area contributed by atoms with Gasteiger partial charge in [-0.25, -0.2) is 13.2 Å². The number of carbonyl (C=O) groups is 2. The van der Waals surface area contributed by atoms with Crippen LogP contribution in [0.25, 0.3) is 0 Å². The molecule has 11 heteroatoms. The van der Waals surface area contributed by atoms with Gasteiger partial charge in [-0.05, 0) is 87.7 Å². The second-order valence-corrected chi connectivity index (χ2v) is 14.4. The van der Waals surface area contributed by atoms with Gasteiger partial charge in [0.25, 0.3) is 0 Å². The SMILES string of the molecule is O=C(OCCOC(=O)C(F)(F)S(=O)(=O)[O-])C12CC3CC(CC(C3)C1)C2.c1ccc([S+]2CCCCC2)cc1. The van der Waals surface area contributed by atoms with E-state index < -0.39 is 45.9 Å². The normalized spacial score (nSPS) is 29.2. The number of alkyl halides is 2. The van der Waals surface area contributed by atoms with Crippen molar-refractivity contribution in [3.05, 3.63) is 30.3 Å².